The summed E-state index contributed by atoms with van der Waals surface area (Å²) in [5.41, 5.74) is 0.733. The van der Waals surface area contributed by atoms with E-state index < -0.39 is 0 Å². The Kier molecular flexibility index (Phi) is 3.07. The normalized spacial score (nSPS) is 10.1. The number of hydrogen-bond acceptors (Lipinski definition) is 3. The molecule has 0 unspecified atom stereocenters. The number of amides is 1. The van der Waals surface area contributed by atoms with Crippen LogP contribution in [-0.2, 0) is 0 Å². The van der Waals surface area contributed by atoms with Crippen molar-refractivity contribution in [2.45, 2.75) is 0 Å². The van der Waals surface area contributed by atoms with Crippen LogP contribution in [0, 0.1) is 0 Å². The van der Waals surface area contributed by atoms with Gasteiger partial charge in [0.05, 0.1) is 18.2 Å². The van der Waals surface area contributed by atoms with Crippen LogP contribution in [-0.4, -0.2) is 20.9 Å². The fourth-order valence-electron chi connectivity index (χ4n) is 1.08. The van der Waals surface area contributed by atoms with E-state index in [2.05, 4.69) is 20.3 Å². The topological polar surface area (TPSA) is 70.7 Å². The fourth-order valence-corrected chi connectivity index (χ4v) is 1.47. The quantitative estimate of drug-likeness (QED) is 0.811. The van der Waals surface area contributed by atoms with E-state index in [4.69, 9.17) is 23.2 Å². The summed E-state index contributed by atoms with van der Waals surface area (Å²) in [6, 6.07) is 3.11. The van der Waals surface area contributed by atoms with Crippen LogP contribution in [0.4, 0.5) is 5.69 Å². The molecule has 0 bridgehead atoms. The third-order valence-electron chi connectivity index (χ3n) is 1.81. The van der Waals surface area contributed by atoms with Gasteiger partial charge in [-0.15, -0.1) is 0 Å². The number of rotatable bonds is 2. The smallest absolute Gasteiger partial charge is 0.273 e. The lowest BCUT2D eigenvalue weighted by Crippen LogP contribution is -2.12. The molecule has 2 N–H and O–H groups in total. The third kappa shape index (κ3) is 2.32. The predicted molar refractivity (Wildman–Crippen MR) is 60.8 cm³/mol. The second kappa shape index (κ2) is 4.51. The maximum absolute atomic E-state index is 11.6. The van der Waals surface area contributed by atoms with Gasteiger partial charge in [-0.3, -0.25) is 4.79 Å². The molecule has 16 heavy (non-hydrogen) atoms. The number of pyridine rings is 1. The monoisotopic (exact) mass is 256 g/mol. The Morgan fingerprint density at radius 2 is 2.19 bits per heavy atom. The van der Waals surface area contributed by atoms with Crippen LogP contribution in [0.3, 0.4) is 0 Å². The Hall–Kier alpha value is -1.59. The van der Waals surface area contributed by atoms with Gasteiger partial charge in [-0.2, -0.15) is 0 Å². The zero-order valence-corrected chi connectivity index (χ0v) is 9.38. The van der Waals surface area contributed by atoms with Crippen molar-refractivity contribution in [2.24, 2.45) is 0 Å². The van der Waals surface area contributed by atoms with Crippen LogP contribution in [0.5, 0.6) is 0 Å². The Bertz CT molecular complexity index is 512. The highest BCUT2D eigenvalue weighted by Crippen LogP contribution is 2.21. The lowest BCUT2D eigenvalue weighted by Gasteiger charge is -2.04. The van der Waals surface area contributed by atoms with Crippen molar-refractivity contribution < 1.29 is 4.79 Å². The van der Waals surface area contributed by atoms with Gasteiger partial charge in [-0.25, -0.2) is 9.97 Å². The van der Waals surface area contributed by atoms with Gasteiger partial charge in [0.2, 0.25) is 0 Å². The number of H-pyrrole nitrogens is 1. The van der Waals surface area contributed by atoms with Crippen LogP contribution in [0.1, 0.15) is 10.5 Å². The van der Waals surface area contributed by atoms with Gasteiger partial charge in [0, 0.05) is 0 Å². The zero-order valence-electron chi connectivity index (χ0n) is 7.87. The first-order chi connectivity index (χ1) is 7.66. The number of carbonyl (C=O) groups excluding carboxylic acids is 1. The molecule has 0 aromatic carbocycles. The lowest BCUT2D eigenvalue weighted by molar-refractivity contribution is 0.102. The Morgan fingerprint density at radius 3 is 2.81 bits per heavy atom. The van der Waals surface area contributed by atoms with Gasteiger partial charge in [0.15, 0.2) is 5.15 Å². The van der Waals surface area contributed by atoms with Crippen molar-refractivity contribution in [1.82, 2.24) is 15.0 Å². The van der Waals surface area contributed by atoms with E-state index in [0.717, 1.165) is 0 Å². The maximum atomic E-state index is 11.6. The number of hydrogen-bond donors (Lipinski definition) is 2. The summed E-state index contributed by atoms with van der Waals surface area (Å²) in [4.78, 5) is 21.8. The highest BCUT2D eigenvalue weighted by Gasteiger charge is 2.10. The molecule has 0 aliphatic carbocycles. The molecule has 7 heteroatoms. The molecule has 0 atom stereocenters. The number of anilines is 1. The van der Waals surface area contributed by atoms with Crippen molar-refractivity contribution in [1.29, 1.82) is 0 Å². The third-order valence-corrected chi connectivity index (χ3v) is 2.30. The molecule has 0 spiro atoms. The first-order valence-electron chi connectivity index (χ1n) is 4.28. The number of halogens is 2. The molecule has 0 aliphatic heterocycles. The minimum absolute atomic E-state index is 0.139. The number of carbonyl (C=O) groups is 1. The lowest BCUT2D eigenvalue weighted by atomic mass is 10.4. The second-order valence-corrected chi connectivity index (χ2v) is 3.64. The molecule has 5 nitrogen and oxygen atoms in total. The van der Waals surface area contributed by atoms with Crippen LogP contribution in [0.2, 0.25) is 10.3 Å². The summed E-state index contributed by atoms with van der Waals surface area (Å²) >= 11 is 11.4. The molecule has 2 aromatic rings. The van der Waals surface area contributed by atoms with Gasteiger partial charge < -0.3 is 10.3 Å². The van der Waals surface area contributed by atoms with Crippen molar-refractivity contribution in [3.63, 3.8) is 0 Å². The minimum atomic E-state index is -0.344. The molecule has 0 saturated carbocycles. The molecule has 0 radical (unpaired) electrons. The summed E-state index contributed by atoms with van der Waals surface area (Å²) in [7, 11) is 0. The minimum Gasteiger partial charge on any atom is -0.341 e. The largest absolute Gasteiger partial charge is 0.341 e. The first-order valence-corrected chi connectivity index (χ1v) is 5.04. The van der Waals surface area contributed by atoms with E-state index in [0.29, 0.717) is 11.4 Å². The average Bonchev–Trinajstić information content (AvgIpc) is 2.75. The number of imidazole rings is 1. The molecule has 2 aromatic heterocycles. The van der Waals surface area contributed by atoms with E-state index in [1.807, 2.05) is 0 Å². The van der Waals surface area contributed by atoms with Gasteiger partial charge in [0.1, 0.15) is 10.8 Å². The average molecular weight is 257 g/mol. The number of nitrogens with one attached hydrogen (secondary N) is 2. The molecule has 0 saturated heterocycles. The molecule has 2 rings (SSSR count). The van der Waals surface area contributed by atoms with Gasteiger partial charge in [0.25, 0.3) is 5.91 Å². The van der Waals surface area contributed by atoms with E-state index in [1.165, 1.54) is 18.6 Å². The van der Waals surface area contributed by atoms with Crippen LogP contribution < -0.4 is 5.32 Å². The summed E-state index contributed by atoms with van der Waals surface area (Å²) in [6.07, 6.45) is 2.82. The van der Waals surface area contributed by atoms with E-state index >= 15 is 0 Å². The molecule has 0 aliphatic rings. The highest BCUT2D eigenvalue weighted by molar-refractivity contribution is 6.34. The summed E-state index contributed by atoms with van der Waals surface area (Å²) in [5, 5.41) is 2.98. The number of nitrogens with zero attached hydrogens (tertiary/aromatic N) is 2. The van der Waals surface area contributed by atoms with Crippen LogP contribution >= 0.6 is 23.2 Å². The molecule has 1 amide bonds. The van der Waals surface area contributed by atoms with E-state index in [-0.39, 0.29) is 16.2 Å². The Labute approximate surface area is 101 Å². The van der Waals surface area contributed by atoms with E-state index in [1.54, 1.807) is 6.07 Å². The number of aromatic nitrogens is 3. The maximum Gasteiger partial charge on any atom is 0.273 e. The van der Waals surface area contributed by atoms with Crippen molar-refractivity contribution in [3.05, 3.63) is 40.7 Å². The van der Waals surface area contributed by atoms with Crippen molar-refractivity contribution in [2.75, 3.05) is 5.32 Å². The zero-order chi connectivity index (χ0) is 11.5. The summed E-state index contributed by atoms with van der Waals surface area (Å²) < 4.78 is 0. The van der Waals surface area contributed by atoms with Crippen molar-refractivity contribution >= 4 is 34.8 Å². The highest BCUT2D eigenvalue weighted by atomic mass is 35.5. The SMILES string of the molecule is O=C(Nc1ccc(Cl)nc1Cl)c1cnc[nH]1. The second-order valence-electron chi connectivity index (χ2n) is 2.89. The fraction of sp³-hybridized carbons (Fsp3) is 0. The molecule has 82 valence electrons. The van der Waals surface area contributed by atoms with E-state index in [9.17, 15) is 4.79 Å². The molecule has 0 fully saturated rings. The van der Waals surface area contributed by atoms with Crippen molar-refractivity contribution in [3.8, 4) is 0 Å². The van der Waals surface area contributed by atoms with Gasteiger partial charge >= 0.3 is 0 Å². The molecular formula is C9H6Cl2N4O. The molecular weight excluding hydrogens is 251 g/mol. The van der Waals surface area contributed by atoms with Crippen LogP contribution in [0.25, 0.3) is 0 Å². The first kappa shape index (κ1) is 10.9. The Balaban J connectivity index is 2.18. The Morgan fingerprint density at radius 1 is 1.38 bits per heavy atom. The summed E-state index contributed by atoms with van der Waals surface area (Å²) in [5.74, 6) is -0.344. The van der Waals surface area contributed by atoms with Crippen LogP contribution in [0.15, 0.2) is 24.7 Å². The predicted octanol–water partition coefficient (Wildman–Crippen LogP) is 2.36. The molecule has 2 heterocycles. The van der Waals surface area contributed by atoms with Gasteiger partial charge in [-0.1, -0.05) is 23.2 Å². The summed E-state index contributed by atoms with van der Waals surface area (Å²) in [6.45, 7) is 0. The van der Waals surface area contributed by atoms with Gasteiger partial charge in [-0.05, 0) is 12.1 Å². The number of aromatic amines is 1. The standard InChI is InChI=1S/C9H6Cl2N4O/c10-7-2-1-5(8(11)15-7)14-9(16)6-3-12-4-13-6/h1-4H,(H,12,13)(H,14,16).